The van der Waals surface area contributed by atoms with E-state index in [0.717, 1.165) is 29.2 Å². The summed E-state index contributed by atoms with van der Waals surface area (Å²) in [6.07, 6.45) is 7.41. The van der Waals surface area contributed by atoms with Gasteiger partial charge < -0.3 is 15.2 Å². The molecule has 0 saturated heterocycles. The van der Waals surface area contributed by atoms with Gasteiger partial charge in [0.05, 0.1) is 5.75 Å². The number of hydrogen-bond acceptors (Lipinski definition) is 5. The third kappa shape index (κ3) is 5.82. The molecule has 7 nitrogen and oxygen atoms in total. The first-order valence-corrected chi connectivity index (χ1v) is 11.2. The van der Waals surface area contributed by atoms with Gasteiger partial charge in [-0.3, -0.25) is 9.59 Å². The first-order chi connectivity index (χ1) is 13.9. The zero-order valence-corrected chi connectivity index (χ0v) is 18.1. The minimum absolute atomic E-state index is 0.0403. The number of anilines is 1. The molecule has 1 aliphatic rings. The second kappa shape index (κ2) is 9.91. The van der Waals surface area contributed by atoms with Crippen molar-refractivity contribution in [2.45, 2.75) is 70.1 Å². The Morgan fingerprint density at radius 1 is 1.24 bits per heavy atom. The Balaban J connectivity index is 1.54. The number of nitrogens with one attached hydrogen (secondary N) is 2. The summed E-state index contributed by atoms with van der Waals surface area (Å²) in [7, 11) is 0. The van der Waals surface area contributed by atoms with Crippen LogP contribution >= 0.6 is 11.8 Å². The molecule has 1 heterocycles. The first-order valence-electron chi connectivity index (χ1n) is 10.2. The molecule has 3 rings (SSSR count). The molecule has 0 radical (unpaired) electrons. The Kier molecular flexibility index (Phi) is 7.30. The van der Waals surface area contributed by atoms with Crippen LogP contribution in [0.2, 0.25) is 0 Å². The second-order valence-electron chi connectivity index (χ2n) is 7.79. The Morgan fingerprint density at radius 3 is 2.69 bits per heavy atom. The van der Waals surface area contributed by atoms with Gasteiger partial charge in [0.2, 0.25) is 5.91 Å². The molecule has 1 aromatic carbocycles. The normalized spacial score (nSPS) is 14.8. The van der Waals surface area contributed by atoms with Crippen LogP contribution in [0.3, 0.4) is 0 Å². The topological polar surface area (TPSA) is 88.9 Å². The maximum Gasteiger partial charge on any atom is 0.251 e. The van der Waals surface area contributed by atoms with Gasteiger partial charge in [0, 0.05) is 23.3 Å². The molecule has 0 spiro atoms. The smallest absolute Gasteiger partial charge is 0.251 e. The summed E-state index contributed by atoms with van der Waals surface area (Å²) in [5, 5.41) is 14.7. The van der Waals surface area contributed by atoms with Crippen molar-refractivity contribution in [3.8, 4) is 0 Å². The van der Waals surface area contributed by atoms with Crippen molar-refractivity contribution in [3.63, 3.8) is 0 Å². The van der Waals surface area contributed by atoms with Crippen molar-refractivity contribution >= 4 is 29.3 Å². The number of rotatable bonds is 7. The van der Waals surface area contributed by atoms with Crippen LogP contribution in [0.25, 0.3) is 0 Å². The monoisotopic (exact) mass is 415 g/mol. The number of aryl methyl sites for hydroxylation is 1. The molecule has 0 unspecified atom stereocenters. The van der Waals surface area contributed by atoms with E-state index >= 15 is 0 Å². The highest BCUT2D eigenvalue weighted by Gasteiger charge is 2.17. The summed E-state index contributed by atoms with van der Waals surface area (Å²) in [6, 6.07) is 5.91. The Bertz CT molecular complexity index is 859. The standard InChI is InChI=1S/C21H29N5O2S/c1-14(2)26-13-22-25-21(26)29-12-19(27)24-18-10-9-16(11-15(18)3)20(28)23-17-7-5-4-6-8-17/h9-11,13-14,17H,4-8,12H2,1-3H3,(H,23,28)(H,24,27). The number of nitrogens with zero attached hydrogens (tertiary/aromatic N) is 3. The maximum atomic E-state index is 12.5. The van der Waals surface area contributed by atoms with Crippen LogP contribution in [-0.2, 0) is 4.79 Å². The minimum Gasteiger partial charge on any atom is -0.349 e. The molecule has 2 amide bonds. The number of carbonyl (C=O) groups is 2. The van der Waals surface area contributed by atoms with E-state index in [1.165, 1.54) is 31.0 Å². The summed E-state index contributed by atoms with van der Waals surface area (Å²) in [5.74, 6) is 0.0895. The fourth-order valence-electron chi connectivity index (χ4n) is 3.47. The number of benzene rings is 1. The second-order valence-corrected chi connectivity index (χ2v) is 8.73. The summed E-state index contributed by atoms with van der Waals surface area (Å²) in [5.41, 5.74) is 2.21. The van der Waals surface area contributed by atoms with Crippen LogP contribution in [0.15, 0.2) is 29.7 Å². The van der Waals surface area contributed by atoms with Crippen LogP contribution < -0.4 is 10.6 Å². The van der Waals surface area contributed by atoms with E-state index in [4.69, 9.17) is 0 Å². The van der Waals surface area contributed by atoms with Crippen LogP contribution in [0.5, 0.6) is 0 Å². The molecule has 1 aliphatic carbocycles. The Morgan fingerprint density at radius 2 is 2.00 bits per heavy atom. The molecule has 0 atom stereocenters. The van der Waals surface area contributed by atoms with Gasteiger partial charge >= 0.3 is 0 Å². The largest absolute Gasteiger partial charge is 0.349 e. The van der Waals surface area contributed by atoms with Gasteiger partial charge in [-0.2, -0.15) is 0 Å². The zero-order valence-electron chi connectivity index (χ0n) is 17.3. The summed E-state index contributed by atoms with van der Waals surface area (Å²) in [6.45, 7) is 5.99. The van der Waals surface area contributed by atoms with Crippen LogP contribution in [0, 0.1) is 6.92 Å². The number of hydrogen-bond donors (Lipinski definition) is 2. The molecule has 2 aromatic rings. The van der Waals surface area contributed by atoms with E-state index in [1.807, 2.05) is 31.4 Å². The molecular formula is C21H29N5O2S. The lowest BCUT2D eigenvalue weighted by Gasteiger charge is -2.23. The van der Waals surface area contributed by atoms with Crippen molar-refractivity contribution in [2.24, 2.45) is 0 Å². The zero-order chi connectivity index (χ0) is 20.8. The average molecular weight is 416 g/mol. The lowest BCUT2D eigenvalue weighted by atomic mass is 9.95. The predicted octanol–water partition coefficient (Wildman–Crippen LogP) is 3.96. The third-order valence-electron chi connectivity index (χ3n) is 5.13. The average Bonchev–Trinajstić information content (AvgIpc) is 3.18. The molecule has 1 saturated carbocycles. The number of thioether (sulfide) groups is 1. The molecule has 8 heteroatoms. The number of amides is 2. The van der Waals surface area contributed by atoms with Gasteiger partial charge in [-0.05, 0) is 57.4 Å². The lowest BCUT2D eigenvalue weighted by molar-refractivity contribution is -0.113. The highest BCUT2D eigenvalue weighted by Crippen LogP contribution is 2.22. The van der Waals surface area contributed by atoms with Crippen LogP contribution in [0.4, 0.5) is 5.69 Å². The van der Waals surface area contributed by atoms with Crippen molar-refractivity contribution < 1.29 is 9.59 Å². The molecular weight excluding hydrogens is 386 g/mol. The summed E-state index contributed by atoms with van der Waals surface area (Å²) >= 11 is 1.36. The van der Waals surface area contributed by atoms with Crippen molar-refractivity contribution in [1.82, 2.24) is 20.1 Å². The lowest BCUT2D eigenvalue weighted by Crippen LogP contribution is -2.36. The summed E-state index contributed by atoms with van der Waals surface area (Å²) in [4.78, 5) is 24.9. The molecule has 156 valence electrons. The number of carbonyl (C=O) groups excluding carboxylic acids is 2. The molecule has 0 bridgehead atoms. The molecule has 1 fully saturated rings. The van der Waals surface area contributed by atoms with Crippen LogP contribution in [0.1, 0.15) is 67.9 Å². The maximum absolute atomic E-state index is 12.5. The third-order valence-corrected chi connectivity index (χ3v) is 6.09. The van der Waals surface area contributed by atoms with Crippen molar-refractivity contribution in [3.05, 3.63) is 35.7 Å². The van der Waals surface area contributed by atoms with Crippen molar-refractivity contribution in [1.29, 1.82) is 0 Å². The molecule has 1 aromatic heterocycles. The van der Waals surface area contributed by atoms with E-state index in [1.54, 1.807) is 18.5 Å². The Labute approximate surface area is 176 Å². The fraction of sp³-hybridized carbons (Fsp3) is 0.524. The number of aromatic nitrogens is 3. The minimum atomic E-state index is -0.115. The molecule has 0 aliphatic heterocycles. The van der Waals surface area contributed by atoms with Crippen LogP contribution in [-0.4, -0.2) is 38.4 Å². The molecule has 29 heavy (non-hydrogen) atoms. The molecule has 2 N–H and O–H groups in total. The first kappa shape index (κ1) is 21.4. The van der Waals surface area contributed by atoms with Gasteiger partial charge in [0.15, 0.2) is 5.16 Å². The van der Waals surface area contributed by atoms with E-state index < -0.39 is 0 Å². The van der Waals surface area contributed by atoms with E-state index in [9.17, 15) is 9.59 Å². The van der Waals surface area contributed by atoms with Crippen molar-refractivity contribution in [2.75, 3.05) is 11.1 Å². The van der Waals surface area contributed by atoms with Gasteiger partial charge in [0.1, 0.15) is 6.33 Å². The highest BCUT2D eigenvalue weighted by molar-refractivity contribution is 7.99. The van der Waals surface area contributed by atoms with Gasteiger partial charge in [0.25, 0.3) is 5.91 Å². The predicted molar refractivity (Wildman–Crippen MR) is 115 cm³/mol. The van der Waals surface area contributed by atoms with E-state index in [0.29, 0.717) is 5.56 Å². The van der Waals surface area contributed by atoms with Gasteiger partial charge in [-0.15, -0.1) is 10.2 Å². The summed E-state index contributed by atoms with van der Waals surface area (Å²) < 4.78 is 1.93. The quantitative estimate of drug-likeness (QED) is 0.668. The highest BCUT2D eigenvalue weighted by atomic mass is 32.2. The van der Waals surface area contributed by atoms with E-state index in [2.05, 4.69) is 20.8 Å². The van der Waals surface area contributed by atoms with Gasteiger partial charge in [-0.1, -0.05) is 31.0 Å². The van der Waals surface area contributed by atoms with E-state index in [-0.39, 0.29) is 29.7 Å². The van der Waals surface area contributed by atoms with Gasteiger partial charge in [-0.25, -0.2) is 0 Å². The SMILES string of the molecule is Cc1cc(C(=O)NC2CCCCC2)ccc1NC(=O)CSc1nncn1C(C)C. The Hall–Kier alpha value is -2.35. The fourth-order valence-corrected chi connectivity index (χ4v) is 4.31.